The van der Waals surface area contributed by atoms with Crippen LogP contribution in [0.15, 0.2) is 18.2 Å². The standard InChI is InChI=1S/C15H24FNO4.C3H7NO/c1-3-4-5-13(18)15(17)21-14-7-6-11(10-12(14)16)20-9-8-19-2;1-4(2)3-5/h6-7,10,13,15,18H,3-5,8-9,17H2,1-2H3;3H,1-2H3. The molecule has 1 aromatic rings. The number of aliphatic hydroxyl groups excluding tert-OH is 1. The number of ether oxygens (including phenoxy) is 3. The number of hydrogen-bond acceptors (Lipinski definition) is 6. The Hall–Kier alpha value is -1.90. The van der Waals surface area contributed by atoms with Gasteiger partial charge in [-0.1, -0.05) is 19.8 Å². The van der Waals surface area contributed by atoms with E-state index in [0.29, 0.717) is 25.4 Å². The van der Waals surface area contributed by atoms with Gasteiger partial charge in [0.25, 0.3) is 0 Å². The fourth-order valence-electron chi connectivity index (χ4n) is 1.71. The van der Waals surface area contributed by atoms with Gasteiger partial charge in [-0.15, -0.1) is 0 Å². The van der Waals surface area contributed by atoms with E-state index in [-0.39, 0.29) is 5.75 Å². The van der Waals surface area contributed by atoms with E-state index in [2.05, 4.69) is 0 Å². The first-order valence-electron chi connectivity index (χ1n) is 8.49. The van der Waals surface area contributed by atoms with Gasteiger partial charge in [0.2, 0.25) is 6.41 Å². The van der Waals surface area contributed by atoms with Crippen LogP contribution >= 0.6 is 0 Å². The maximum absolute atomic E-state index is 13.9. The van der Waals surface area contributed by atoms with Crippen molar-refractivity contribution in [3.8, 4) is 11.5 Å². The number of carbonyl (C=O) groups excluding carboxylic acids is 1. The Balaban J connectivity index is 0.00000110. The highest BCUT2D eigenvalue weighted by Gasteiger charge is 2.17. The van der Waals surface area contributed by atoms with E-state index in [1.165, 1.54) is 17.0 Å². The average molecular weight is 374 g/mol. The number of methoxy groups -OCH3 is 1. The summed E-state index contributed by atoms with van der Waals surface area (Å²) in [4.78, 5) is 10.9. The zero-order valence-electron chi connectivity index (χ0n) is 16.0. The summed E-state index contributed by atoms with van der Waals surface area (Å²) in [5, 5.41) is 9.79. The number of carbonyl (C=O) groups is 1. The molecule has 8 heteroatoms. The van der Waals surface area contributed by atoms with Crippen LogP contribution in [0.1, 0.15) is 26.2 Å². The highest BCUT2D eigenvalue weighted by molar-refractivity contribution is 5.45. The molecule has 0 saturated heterocycles. The fourth-order valence-corrected chi connectivity index (χ4v) is 1.71. The Labute approximate surface area is 154 Å². The van der Waals surface area contributed by atoms with Crippen molar-refractivity contribution in [3.63, 3.8) is 0 Å². The van der Waals surface area contributed by atoms with Crippen molar-refractivity contribution in [1.29, 1.82) is 0 Å². The van der Waals surface area contributed by atoms with Crippen LogP contribution in [0.2, 0.25) is 0 Å². The van der Waals surface area contributed by atoms with E-state index < -0.39 is 18.1 Å². The molecule has 0 radical (unpaired) electrons. The van der Waals surface area contributed by atoms with E-state index in [4.69, 9.17) is 19.9 Å². The molecule has 0 aliphatic carbocycles. The second-order valence-corrected chi connectivity index (χ2v) is 5.79. The normalized spacial score (nSPS) is 12.4. The van der Waals surface area contributed by atoms with Crippen molar-refractivity contribution in [2.75, 3.05) is 34.4 Å². The van der Waals surface area contributed by atoms with Gasteiger partial charge in [-0.05, 0) is 18.6 Å². The van der Waals surface area contributed by atoms with E-state index in [1.54, 1.807) is 27.3 Å². The number of nitrogens with zero attached hydrogens (tertiary/aromatic N) is 1. The third-order valence-electron chi connectivity index (χ3n) is 3.17. The van der Waals surface area contributed by atoms with Gasteiger partial charge in [0, 0.05) is 27.3 Å². The van der Waals surface area contributed by atoms with Gasteiger partial charge >= 0.3 is 0 Å². The Morgan fingerprint density at radius 1 is 1.35 bits per heavy atom. The molecule has 0 saturated carbocycles. The highest BCUT2D eigenvalue weighted by Crippen LogP contribution is 2.23. The zero-order valence-corrected chi connectivity index (χ0v) is 16.0. The Morgan fingerprint density at radius 3 is 2.50 bits per heavy atom. The molecular formula is C18H31FN2O5. The number of aliphatic hydroxyl groups is 1. The zero-order chi connectivity index (χ0) is 19.9. The molecule has 1 amide bonds. The van der Waals surface area contributed by atoms with E-state index in [1.807, 2.05) is 6.92 Å². The number of amides is 1. The fraction of sp³-hybridized carbons (Fsp3) is 0.611. The first-order chi connectivity index (χ1) is 12.3. The predicted molar refractivity (Wildman–Crippen MR) is 97.7 cm³/mol. The highest BCUT2D eigenvalue weighted by atomic mass is 19.1. The minimum absolute atomic E-state index is 0.00265. The largest absolute Gasteiger partial charge is 0.491 e. The lowest BCUT2D eigenvalue weighted by atomic mass is 10.1. The van der Waals surface area contributed by atoms with Gasteiger partial charge in [0.15, 0.2) is 17.8 Å². The van der Waals surface area contributed by atoms with Crippen LogP contribution in [-0.2, 0) is 9.53 Å². The van der Waals surface area contributed by atoms with Crippen LogP contribution in [0, 0.1) is 5.82 Å². The molecular weight excluding hydrogens is 343 g/mol. The first-order valence-corrected chi connectivity index (χ1v) is 8.49. The average Bonchev–Trinajstić information content (AvgIpc) is 2.62. The topological polar surface area (TPSA) is 94.2 Å². The SMILES string of the molecule is CCCCC(O)C(N)Oc1ccc(OCCOC)cc1F.CN(C)C=O. The molecule has 0 spiro atoms. The van der Waals surface area contributed by atoms with Gasteiger partial charge in [-0.25, -0.2) is 4.39 Å². The maximum atomic E-state index is 13.9. The molecule has 7 nitrogen and oxygen atoms in total. The number of benzene rings is 1. The summed E-state index contributed by atoms with van der Waals surface area (Å²) < 4.78 is 29.2. The van der Waals surface area contributed by atoms with Crippen molar-refractivity contribution in [1.82, 2.24) is 4.90 Å². The molecule has 0 heterocycles. The minimum Gasteiger partial charge on any atom is -0.491 e. The smallest absolute Gasteiger partial charge is 0.209 e. The van der Waals surface area contributed by atoms with Crippen LogP contribution < -0.4 is 15.2 Å². The van der Waals surface area contributed by atoms with Gasteiger partial charge in [-0.2, -0.15) is 0 Å². The van der Waals surface area contributed by atoms with Crippen LogP contribution in [0.3, 0.4) is 0 Å². The summed E-state index contributed by atoms with van der Waals surface area (Å²) in [5.74, 6) is -0.197. The Bertz CT molecular complexity index is 502. The number of halogens is 1. The summed E-state index contributed by atoms with van der Waals surface area (Å²) in [5.41, 5.74) is 5.71. The maximum Gasteiger partial charge on any atom is 0.209 e. The lowest BCUT2D eigenvalue weighted by Crippen LogP contribution is -2.40. The Kier molecular flexibility index (Phi) is 13.2. The van der Waals surface area contributed by atoms with E-state index in [9.17, 15) is 14.3 Å². The van der Waals surface area contributed by atoms with Gasteiger partial charge in [0.1, 0.15) is 18.5 Å². The first kappa shape index (κ1) is 24.1. The molecule has 150 valence electrons. The summed E-state index contributed by atoms with van der Waals surface area (Å²) in [6.45, 7) is 2.78. The molecule has 0 aromatic heterocycles. The lowest BCUT2D eigenvalue weighted by Gasteiger charge is -2.20. The molecule has 3 N–H and O–H groups in total. The molecule has 0 bridgehead atoms. The number of hydrogen-bond donors (Lipinski definition) is 2. The van der Waals surface area contributed by atoms with Crippen molar-refractivity contribution in [3.05, 3.63) is 24.0 Å². The summed E-state index contributed by atoms with van der Waals surface area (Å²) >= 11 is 0. The van der Waals surface area contributed by atoms with Crippen LogP contribution in [0.25, 0.3) is 0 Å². The van der Waals surface area contributed by atoms with Gasteiger partial charge in [0.05, 0.1) is 6.61 Å². The number of unbranched alkanes of at least 4 members (excludes halogenated alkanes) is 1. The lowest BCUT2D eigenvalue weighted by molar-refractivity contribution is -0.115. The summed E-state index contributed by atoms with van der Waals surface area (Å²) in [6.07, 6.45) is 1.30. The van der Waals surface area contributed by atoms with Crippen LogP contribution in [0.4, 0.5) is 4.39 Å². The third kappa shape index (κ3) is 10.9. The molecule has 2 atom stereocenters. The summed E-state index contributed by atoms with van der Waals surface area (Å²) in [6, 6.07) is 4.24. The van der Waals surface area contributed by atoms with Gasteiger partial charge in [-0.3, -0.25) is 10.5 Å². The molecule has 26 heavy (non-hydrogen) atoms. The molecule has 2 unspecified atom stereocenters. The molecule has 0 fully saturated rings. The van der Waals surface area contributed by atoms with Crippen molar-refractivity contribution in [2.45, 2.75) is 38.5 Å². The molecule has 1 aromatic carbocycles. The third-order valence-corrected chi connectivity index (χ3v) is 3.17. The van der Waals surface area contributed by atoms with E-state index >= 15 is 0 Å². The number of rotatable bonds is 11. The quantitative estimate of drug-likeness (QED) is 0.348. The summed E-state index contributed by atoms with van der Waals surface area (Å²) in [7, 11) is 4.94. The van der Waals surface area contributed by atoms with Crippen molar-refractivity contribution >= 4 is 6.41 Å². The van der Waals surface area contributed by atoms with Crippen molar-refractivity contribution < 1.29 is 28.5 Å². The monoisotopic (exact) mass is 374 g/mol. The van der Waals surface area contributed by atoms with Gasteiger partial charge < -0.3 is 24.2 Å². The number of nitrogens with two attached hydrogens (primary N) is 1. The predicted octanol–water partition coefficient (Wildman–Crippen LogP) is 1.77. The Morgan fingerprint density at radius 2 is 2.00 bits per heavy atom. The molecule has 1 rings (SSSR count). The molecule has 0 aliphatic heterocycles. The molecule has 0 aliphatic rings. The van der Waals surface area contributed by atoms with Crippen LogP contribution in [-0.4, -0.2) is 63.2 Å². The van der Waals surface area contributed by atoms with E-state index in [0.717, 1.165) is 19.3 Å². The minimum atomic E-state index is -0.952. The van der Waals surface area contributed by atoms with Crippen LogP contribution in [0.5, 0.6) is 11.5 Å². The van der Waals surface area contributed by atoms with Crippen molar-refractivity contribution in [2.24, 2.45) is 5.73 Å². The second-order valence-electron chi connectivity index (χ2n) is 5.79. The second kappa shape index (κ2) is 14.3.